The number of amides is 2. The second-order valence-electron chi connectivity index (χ2n) is 4.09. The number of primary amides is 1. The molecular formula is C11H13F3N2O4. The van der Waals surface area contributed by atoms with Gasteiger partial charge in [0.25, 0.3) is 0 Å². The number of carbonyl (C=O) groups excluding carboxylic acids is 3. The van der Waals surface area contributed by atoms with E-state index in [0.717, 1.165) is 0 Å². The molecule has 0 radical (unpaired) electrons. The fraction of sp³-hybridized carbons (Fsp3) is 0.545. The molecule has 1 aliphatic heterocycles. The Morgan fingerprint density at radius 2 is 2.10 bits per heavy atom. The molecule has 1 atom stereocenters. The van der Waals surface area contributed by atoms with E-state index in [0.29, 0.717) is 4.90 Å². The van der Waals surface area contributed by atoms with Gasteiger partial charge < -0.3 is 15.4 Å². The van der Waals surface area contributed by atoms with Crippen LogP contribution in [0.1, 0.15) is 13.3 Å². The van der Waals surface area contributed by atoms with Crippen LogP contribution in [0, 0.1) is 5.92 Å². The monoisotopic (exact) mass is 294 g/mol. The predicted molar refractivity (Wildman–Crippen MR) is 59.8 cm³/mol. The Balaban J connectivity index is 3.04. The van der Waals surface area contributed by atoms with E-state index in [1.807, 2.05) is 0 Å². The summed E-state index contributed by atoms with van der Waals surface area (Å²) in [5.74, 6) is -3.99. The standard InChI is InChI=1S/C11H13F3N2O4/c1-2-20-9(18)4-7(11(12,13)14)16-5-6(10(15)19)3-8(16)17/h4,6H,2-3,5H2,1H3,(H2,15,19). The lowest BCUT2D eigenvalue weighted by Crippen LogP contribution is -2.35. The number of likely N-dealkylation sites (tertiary alicyclic amines) is 1. The van der Waals surface area contributed by atoms with Crippen molar-refractivity contribution in [3.63, 3.8) is 0 Å². The van der Waals surface area contributed by atoms with Gasteiger partial charge in [-0.15, -0.1) is 0 Å². The molecule has 1 saturated heterocycles. The first kappa shape index (κ1) is 16.0. The van der Waals surface area contributed by atoms with Crippen molar-refractivity contribution in [3.05, 3.63) is 11.8 Å². The number of alkyl halides is 3. The number of hydrogen-bond acceptors (Lipinski definition) is 4. The fourth-order valence-electron chi connectivity index (χ4n) is 1.74. The summed E-state index contributed by atoms with van der Waals surface area (Å²) in [6.45, 7) is 0.834. The van der Waals surface area contributed by atoms with E-state index < -0.39 is 48.5 Å². The van der Waals surface area contributed by atoms with Gasteiger partial charge in [-0.2, -0.15) is 13.2 Å². The number of nitrogens with zero attached hydrogens (tertiary/aromatic N) is 1. The molecule has 0 saturated carbocycles. The van der Waals surface area contributed by atoms with Crippen LogP contribution in [0.5, 0.6) is 0 Å². The van der Waals surface area contributed by atoms with Crippen molar-refractivity contribution < 1.29 is 32.3 Å². The molecule has 6 nitrogen and oxygen atoms in total. The first-order valence-electron chi connectivity index (χ1n) is 5.72. The van der Waals surface area contributed by atoms with Gasteiger partial charge >= 0.3 is 12.1 Å². The first-order valence-corrected chi connectivity index (χ1v) is 5.72. The van der Waals surface area contributed by atoms with Crippen LogP contribution in [-0.2, 0) is 19.1 Å². The molecule has 20 heavy (non-hydrogen) atoms. The zero-order chi connectivity index (χ0) is 15.5. The molecule has 2 N–H and O–H groups in total. The van der Waals surface area contributed by atoms with E-state index in [1.54, 1.807) is 0 Å². The Labute approximate surface area is 112 Å². The third kappa shape index (κ3) is 3.72. The highest BCUT2D eigenvalue weighted by atomic mass is 19.4. The van der Waals surface area contributed by atoms with Crippen LogP contribution in [0.15, 0.2) is 11.8 Å². The highest BCUT2D eigenvalue weighted by molar-refractivity contribution is 5.91. The van der Waals surface area contributed by atoms with Crippen molar-refractivity contribution in [1.29, 1.82) is 0 Å². The molecule has 0 bridgehead atoms. The SMILES string of the molecule is CCOC(=O)C=C(N1CC(C(N)=O)CC1=O)C(F)(F)F. The highest BCUT2D eigenvalue weighted by Crippen LogP contribution is 2.33. The lowest BCUT2D eigenvalue weighted by molar-refractivity contribution is -0.142. The number of allylic oxidation sites excluding steroid dienone is 1. The average Bonchev–Trinajstić information content (AvgIpc) is 2.67. The molecule has 0 aromatic heterocycles. The maximum absolute atomic E-state index is 12.9. The van der Waals surface area contributed by atoms with E-state index in [-0.39, 0.29) is 12.7 Å². The molecule has 1 fully saturated rings. The van der Waals surface area contributed by atoms with Gasteiger partial charge in [-0.3, -0.25) is 9.59 Å². The third-order valence-electron chi connectivity index (χ3n) is 2.65. The molecule has 0 aromatic carbocycles. The predicted octanol–water partition coefficient (Wildman–Crippen LogP) is 0.329. The van der Waals surface area contributed by atoms with Gasteiger partial charge in [0, 0.05) is 13.0 Å². The van der Waals surface area contributed by atoms with Crippen molar-refractivity contribution in [3.8, 4) is 0 Å². The average molecular weight is 294 g/mol. The smallest absolute Gasteiger partial charge is 0.431 e. The van der Waals surface area contributed by atoms with Crippen LogP contribution in [0.25, 0.3) is 0 Å². The van der Waals surface area contributed by atoms with Gasteiger partial charge in [-0.05, 0) is 6.92 Å². The second kappa shape index (κ2) is 5.93. The molecule has 112 valence electrons. The van der Waals surface area contributed by atoms with E-state index in [9.17, 15) is 27.6 Å². The summed E-state index contributed by atoms with van der Waals surface area (Å²) in [6.07, 6.45) is -5.13. The maximum atomic E-state index is 12.9. The van der Waals surface area contributed by atoms with Crippen molar-refractivity contribution in [2.45, 2.75) is 19.5 Å². The Bertz CT molecular complexity index is 459. The van der Waals surface area contributed by atoms with E-state index in [1.165, 1.54) is 6.92 Å². The molecule has 1 unspecified atom stereocenters. The Hall–Kier alpha value is -2.06. The first-order chi connectivity index (χ1) is 9.16. The van der Waals surface area contributed by atoms with Gasteiger partial charge in [0.15, 0.2) is 0 Å². The number of rotatable bonds is 4. The number of esters is 1. The summed E-state index contributed by atoms with van der Waals surface area (Å²) in [5, 5.41) is 0. The van der Waals surface area contributed by atoms with Crippen LogP contribution in [0.3, 0.4) is 0 Å². The minimum absolute atomic E-state index is 0.0989. The molecular weight excluding hydrogens is 281 g/mol. The fourth-order valence-corrected chi connectivity index (χ4v) is 1.74. The molecule has 2 amide bonds. The van der Waals surface area contributed by atoms with E-state index in [4.69, 9.17) is 5.73 Å². The Morgan fingerprint density at radius 1 is 1.50 bits per heavy atom. The lowest BCUT2D eigenvalue weighted by atomic mass is 10.1. The van der Waals surface area contributed by atoms with Crippen LogP contribution < -0.4 is 5.73 Å². The zero-order valence-corrected chi connectivity index (χ0v) is 10.6. The van der Waals surface area contributed by atoms with Crippen LogP contribution in [0.4, 0.5) is 13.2 Å². The van der Waals surface area contributed by atoms with Crippen LogP contribution in [-0.4, -0.2) is 42.0 Å². The summed E-state index contributed by atoms with van der Waals surface area (Å²) in [7, 11) is 0. The number of carbonyl (C=O) groups is 3. The number of ether oxygens (including phenoxy) is 1. The molecule has 1 rings (SSSR count). The molecule has 0 aliphatic carbocycles. The van der Waals surface area contributed by atoms with Crippen molar-refractivity contribution >= 4 is 17.8 Å². The Kier molecular flexibility index (Phi) is 4.74. The number of nitrogens with two attached hydrogens (primary N) is 1. The topological polar surface area (TPSA) is 89.7 Å². The molecule has 0 aromatic rings. The molecule has 1 aliphatic rings. The third-order valence-corrected chi connectivity index (χ3v) is 2.65. The van der Waals surface area contributed by atoms with Crippen LogP contribution >= 0.6 is 0 Å². The normalized spacial score (nSPS) is 20.2. The van der Waals surface area contributed by atoms with Gasteiger partial charge in [0.2, 0.25) is 11.8 Å². The number of hydrogen-bond donors (Lipinski definition) is 1. The van der Waals surface area contributed by atoms with Crippen molar-refractivity contribution in [2.24, 2.45) is 11.7 Å². The van der Waals surface area contributed by atoms with Gasteiger partial charge in [0.05, 0.1) is 18.6 Å². The van der Waals surface area contributed by atoms with Crippen molar-refractivity contribution in [1.82, 2.24) is 4.90 Å². The van der Waals surface area contributed by atoms with Gasteiger partial charge in [0.1, 0.15) is 5.70 Å². The minimum Gasteiger partial charge on any atom is -0.463 e. The largest absolute Gasteiger partial charge is 0.463 e. The summed E-state index contributed by atoms with van der Waals surface area (Å²) < 4.78 is 43.1. The Morgan fingerprint density at radius 3 is 2.50 bits per heavy atom. The highest BCUT2D eigenvalue weighted by Gasteiger charge is 2.45. The van der Waals surface area contributed by atoms with E-state index in [2.05, 4.69) is 4.74 Å². The molecule has 9 heteroatoms. The maximum Gasteiger partial charge on any atom is 0.431 e. The molecule has 1 heterocycles. The summed E-state index contributed by atoms with van der Waals surface area (Å²) in [5.41, 5.74) is 3.52. The van der Waals surface area contributed by atoms with Gasteiger partial charge in [-0.25, -0.2) is 4.79 Å². The minimum atomic E-state index is -4.92. The van der Waals surface area contributed by atoms with Crippen LogP contribution in [0.2, 0.25) is 0 Å². The lowest BCUT2D eigenvalue weighted by Gasteiger charge is -2.22. The van der Waals surface area contributed by atoms with E-state index >= 15 is 0 Å². The second-order valence-corrected chi connectivity index (χ2v) is 4.09. The molecule has 0 spiro atoms. The summed E-state index contributed by atoms with van der Waals surface area (Å²) >= 11 is 0. The summed E-state index contributed by atoms with van der Waals surface area (Å²) in [4.78, 5) is 34.0. The quantitative estimate of drug-likeness (QED) is 0.597. The summed E-state index contributed by atoms with van der Waals surface area (Å²) in [6, 6.07) is 0. The number of halogens is 3. The zero-order valence-electron chi connectivity index (χ0n) is 10.6. The van der Waals surface area contributed by atoms with Gasteiger partial charge in [-0.1, -0.05) is 0 Å². The van der Waals surface area contributed by atoms with Crippen molar-refractivity contribution in [2.75, 3.05) is 13.2 Å².